The van der Waals surface area contributed by atoms with Crippen LogP contribution < -0.4 is 9.47 Å². The molecule has 0 spiro atoms. The number of halogens is 1. The van der Waals surface area contributed by atoms with Gasteiger partial charge in [-0.15, -0.1) is 0 Å². The van der Waals surface area contributed by atoms with Crippen LogP contribution in [0.25, 0.3) is 6.08 Å². The zero-order valence-corrected chi connectivity index (χ0v) is 16.8. The third-order valence-electron chi connectivity index (χ3n) is 4.19. The molecule has 0 saturated carbocycles. The standard InChI is InChI=1S/C21H18FNO6S/c1-28-17-10-14(4-7-16(17)29-9-8-19(24)25)11-18-20(26)23(21(27)30-18)12-13-2-5-15(22)6-3-13/h2-7,10-11H,8-9,12H2,1H3,(H,24,25)/b18-11+. The van der Waals surface area contributed by atoms with Crippen LogP contribution in [0.3, 0.4) is 0 Å². The molecule has 9 heteroatoms. The molecule has 1 fully saturated rings. The van der Waals surface area contributed by atoms with E-state index in [1.54, 1.807) is 24.3 Å². The van der Waals surface area contributed by atoms with Crippen LogP contribution in [0, 0.1) is 5.82 Å². The molecule has 0 radical (unpaired) electrons. The zero-order valence-electron chi connectivity index (χ0n) is 16.0. The minimum Gasteiger partial charge on any atom is -0.493 e. The second-order valence-corrected chi connectivity index (χ2v) is 7.29. The minimum absolute atomic E-state index is 0.00663. The van der Waals surface area contributed by atoms with Crippen molar-refractivity contribution in [3.05, 3.63) is 64.3 Å². The smallest absolute Gasteiger partial charge is 0.306 e. The number of hydrogen-bond donors (Lipinski definition) is 1. The number of ether oxygens (including phenoxy) is 2. The summed E-state index contributed by atoms with van der Waals surface area (Å²) in [6.07, 6.45) is 1.42. The number of imide groups is 1. The topological polar surface area (TPSA) is 93.1 Å². The van der Waals surface area contributed by atoms with Crippen LogP contribution >= 0.6 is 11.8 Å². The Kier molecular flexibility index (Phi) is 6.73. The third kappa shape index (κ3) is 5.18. The van der Waals surface area contributed by atoms with Crippen molar-refractivity contribution in [2.75, 3.05) is 13.7 Å². The van der Waals surface area contributed by atoms with E-state index in [0.29, 0.717) is 22.6 Å². The summed E-state index contributed by atoms with van der Waals surface area (Å²) in [7, 11) is 1.44. The Labute approximate surface area is 176 Å². The van der Waals surface area contributed by atoms with Crippen molar-refractivity contribution in [1.29, 1.82) is 0 Å². The molecule has 7 nitrogen and oxygen atoms in total. The lowest BCUT2D eigenvalue weighted by Gasteiger charge is -2.12. The van der Waals surface area contributed by atoms with Gasteiger partial charge in [-0.05, 0) is 53.2 Å². The first kappa shape index (κ1) is 21.4. The number of thioether (sulfide) groups is 1. The second kappa shape index (κ2) is 9.45. The highest BCUT2D eigenvalue weighted by molar-refractivity contribution is 8.18. The van der Waals surface area contributed by atoms with E-state index in [-0.39, 0.29) is 24.5 Å². The van der Waals surface area contributed by atoms with Gasteiger partial charge in [-0.2, -0.15) is 0 Å². The van der Waals surface area contributed by atoms with Crippen LogP contribution in [-0.4, -0.2) is 40.8 Å². The number of hydrogen-bond acceptors (Lipinski definition) is 6. The largest absolute Gasteiger partial charge is 0.493 e. The van der Waals surface area contributed by atoms with E-state index >= 15 is 0 Å². The molecule has 2 amide bonds. The molecular weight excluding hydrogens is 413 g/mol. The molecule has 30 heavy (non-hydrogen) atoms. The Morgan fingerprint density at radius 3 is 2.57 bits per heavy atom. The summed E-state index contributed by atoms with van der Waals surface area (Å²) in [6, 6.07) is 10.5. The molecule has 1 N–H and O–H groups in total. The van der Waals surface area contributed by atoms with E-state index in [1.165, 1.54) is 31.4 Å². The van der Waals surface area contributed by atoms with Gasteiger partial charge in [0, 0.05) is 0 Å². The van der Waals surface area contributed by atoms with Crippen LogP contribution in [0.5, 0.6) is 11.5 Å². The van der Waals surface area contributed by atoms with Gasteiger partial charge in [0.25, 0.3) is 11.1 Å². The van der Waals surface area contributed by atoms with Crippen LogP contribution in [0.2, 0.25) is 0 Å². The molecule has 0 atom stereocenters. The maximum atomic E-state index is 13.0. The molecule has 0 aliphatic carbocycles. The molecule has 0 bridgehead atoms. The molecule has 1 aliphatic rings. The summed E-state index contributed by atoms with van der Waals surface area (Å²) in [4.78, 5) is 36.9. The number of methoxy groups -OCH3 is 1. The van der Waals surface area contributed by atoms with Crippen LogP contribution in [0.4, 0.5) is 9.18 Å². The second-order valence-electron chi connectivity index (χ2n) is 6.30. The van der Waals surface area contributed by atoms with Crippen LogP contribution in [0.1, 0.15) is 17.5 Å². The Hall–Kier alpha value is -3.33. The molecule has 2 aromatic carbocycles. The number of nitrogens with zero attached hydrogens (tertiary/aromatic N) is 1. The van der Waals surface area contributed by atoms with Gasteiger partial charge in [0.15, 0.2) is 11.5 Å². The van der Waals surface area contributed by atoms with Crippen molar-refractivity contribution in [3.8, 4) is 11.5 Å². The molecule has 156 valence electrons. The first-order chi connectivity index (χ1) is 14.4. The molecular formula is C21H18FNO6S. The lowest BCUT2D eigenvalue weighted by Crippen LogP contribution is -2.27. The van der Waals surface area contributed by atoms with Crippen molar-refractivity contribution in [1.82, 2.24) is 4.90 Å². The summed E-state index contributed by atoms with van der Waals surface area (Å²) < 4.78 is 23.7. The SMILES string of the molecule is COc1cc(/C=C2/SC(=O)N(Cc3ccc(F)cc3)C2=O)ccc1OCCC(=O)O. The first-order valence-corrected chi connectivity index (χ1v) is 9.71. The highest BCUT2D eigenvalue weighted by atomic mass is 32.2. The Balaban J connectivity index is 1.74. The number of carboxylic acids is 1. The molecule has 3 rings (SSSR count). The van der Waals surface area contributed by atoms with Crippen LogP contribution in [0.15, 0.2) is 47.4 Å². The first-order valence-electron chi connectivity index (χ1n) is 8.90. The van der Waals surface area contributed by atoms with Gasteiger partial charge in [0.05, 0.1) is 31.6 Å². The molecule has 1 saturated heterocycles. The fraction of sp³-hybridized carbons (Fsp3) is 0.190. The van der Waals surface area contributed by atoms with Crippen molar-refractivity contribution >= 4 is 35.0 Å². The van der Waals surface area contributed by atoms with Crippen molar-refractivity contribution in [2.24, 2.45) is 0 Å². The van der Waals surface area contributed by atoms with Gasteiger partial charge < -0.3 is 14.6 Å². The highest BCUT2D eigenvalue weighted by Gasteiger charge is 2.35. The maximum Gasteiger partial charge on any atom is 0.306 e. The zero-order chi connectivity index (χ0) is 21.7. The van der Waals surface area contributed by atoms with E-state index in [1.807, 2.05) is 0 Å². The van der Waals surface area contributed by atoms with Gasteiger partial charge in [-0.3, -0.25) is 19.3 Å². The quantitative estimate of drug-likeness (QED) is 0.633. The molecule has 0 unspecified atom stereocenters. The van der Waals surface area contributed by atoms with Gasteiger partial charge in [0.1, 0.15) is 5.82 Å². The number of carboxylic acid groups (broad SMARTS) is 1. The lowest BCUT2D eigenvalue weighted by molar-refractivity contribution is -0.137. The average Bonchev–Trinajstić information content (AvgIpc) is 2.97. The summed E-state index contributed by atoms with van der Waals surface area (Å²) >= 11 is 0.821. The van der Waals surface area contributed by atoms with E-state index < -0.39 is 22.9 Å². The third-order valence-corrected chi connectivity index (χ3v) is 5.09. The van der Waals surface area contributed by atoms with E-state index in [2.05, 4.69) is 0 Å². The Morgan fingerprint density at radius 2 is 1.90 bits per heavy atom. The van der Waals surface area contributed by atoms with Crippen molar-refractivity contribution in [2.45, 2.75) is 13.0 Å². The van der Waals surface area contributed by atoms with Gasteiger partial charge >= 0.3 is 5.97 Å². The van der Waals surface area contributed by atoms with Crippen LogP contribution in [-0.2, 0) is 16.1 Å². The molecule has 2 aromatic rings. The highest BCUT2D eigenvalue weighted by Crippen LogP contribution is 2.35. The molecule has 1 heterocycles. The van der Waals surface area contributed by atoms with Gasteiger partial charge in [0.2, 0.25) is 0 Å². The Morgan fingerprint density at radius 1 is 1.17 bits per heavy atom. The van der Waals surface area contributed by atoms with Gasteiger partial charge in [-0.25, -0.2) is 4.39 Å². The summed E-state index contributed by atoms with van der Waals surface area (Å²) in [6.45, 7) is 0.0509. The Bertz CT molecular complexity index is 1010. The molecule has 0 aromatic heterocycles. The van der Waals surface area contributed by atoms with E-state index in [0.717, 1.165) is 16.7 Å². The monoisotopic (exact) mass is 431 g/mol. The minimum atomic E-state index is -0.970. The number of carbonyl (C=O) groups excluding carboxylic acids is 2. The maximum absolute atomic E-state index is 13.0. The van der Waals surface area contributed by atoms with Crippen molar-refractivity contribution in [3.63, 3.8) is 0 Å². The normalized spacial score (nSPS) is 15.0. The van der Waals surface area contributed by atoms with Crippen molar-refractivity contribution < 1.29 is 33.4 Å². The van der Waals surface area contributed by atoms with E-state index in [4.69, 9.17) is 14.6 Å². The van der Waals surface area contributed by atoms with E-state index in [9.17, 15) is 18.8 Å². The number of aliphatic carboxylic acids is 1. The predicted octanol–water partition coefficient (Wildman–Crippen LogP) is 3.92. The number of carbonyl (C=O) groups is 3. The molecule has 1 aliphatic heterocycles. The average molecular weight is 431 g/mol. The number of benzene rings is 2. The predicted molar refractivity (Wildman–Crippen MR) is 109 cm³/mol. The number of amides is 2. The fourth-order valence-electron chi connectivity index (χ4n) is 2.70. The summed E-state index contributed by atoms with van der Waals surface area (Å²) in [5, 5.41) is 8.29. The lowest BCUT2D eigenvalue weighted by atomic mass is 10.1. The summed E-state index contributed by atoms with van der Waals surface area (Å²) in [5.41, 5.74) is 1.26. The fourth-order valence-corrected chi connectivity index (χ4v) is 3.54. The van der Waals surface area contributed by atoms with Gasteiger partial charge in [-0.1, -0.05) is 18.2 Å². The summed E-state index contributed by atoms with van der Waals surface area (Å²) in [5.74, 6) is -1.05. The number of rotatable bonds is 8.